The molecule has 4 heteroatoms. The van der Waals surface area contributed by atoms with Crippen molar-refractivity contribution in [3.63, 3.8) is 0 Å². The monoisotopic (exact) mass is 173 g/mol. The molecule has 0 saturated carbocycles. The highest BCUT2D eigenvalue weighted by Crippen LogP contribution is 2.14. The van der Waals surface area contributed by atoms with Crippen LogP contribution >= 0.6 is 0 Å². The number of nitrogens with zero attached hydrogens (tertiary/aromatic N) is 2. The fraction of sp³-hybridized carbons (Fsp3) is 0.333. The normalized spacial score (nSPS) is 10.7. The Morgan fingerprint density at radius 2 is 2.00 bits per heavy atom. The molecule has 0 fully saturated rings. The van der Waals surface area contributed by atoms with Gasteiger partial charge in [0.25, 0.3) is 0 Å². The molecule has 0 amide bonds. The second-order valence-electron chi connectivity index (χ2n) is 3.33. The lowest BCUT2D eigenvalue weighted by Gasteiger charge is -2.05. The summed E-state index contributed by atoms with van der Waals surface area (Å²) in [4.78, 5) is 0. The number of aromatic amines is 1. The lowest BCUT2D eigenvalue weighted by molar-refractivity contribution is 0.958. The number of benzene rings is 1. The molecule has 2 aromatic rings. The van der Waals surface area contributed by atoms with Gasteiger partial charge in [0.2, 0.25) is 0 Å². The molecular formula is C9H12BN3. The van der Waals surface area contributed by atoms with E-state index in [2.05, 4.69) is 42.1 Å². The summed E-state index contributed by atoms with van der Waals surface area (Å²) in [5.74, 6) is 0. The molecular weight excluding hydrogens is 161 g/mol. The molecule has 0 bridgehead atoms. The Bertz CT molecular complexity index is 447. The van der Waals surface area contributed by atoms with E-state index in [4.69, 9.17) is 0 Å². The molecule has 0 aliphatic heterocycles. The first-order valence-corrected chi connectivity index (χ1v) is 4.53. The predicted octanol–water partition coefficient (Wildman–Crippen LogP) is 0.685. The quantitative estimate of drug-likeness (QED) is 0.644. The van der Waals surface area contributed by atoms with Gasteiger partial charge in [-0.15, -0.1) is 0 Å². The van der Waals surface area contributed by atoms with Gasteiger partial charge in [0, 0.05) is 0 Å². The first-order chi connectivity index (χ1) is 6.24. The molecule has 0 aliphatic carbocycles. The number of hydrogen-bond acceptors (Lipinski definition) is 2. The Morgan fingerprint density at radius 1 is 1.23 bits per heavy atom. The minimum absolute atomic E-state index is 0.972. The lowest BCUT2D eigenvalue weighted by Crippen LogP contribution is -2.15. The summed E-state index contributed by atoms with van der Waals surface area (Å²) in [7, 11) is 1.05. The SMILES string of the molecule is CBc1cc2n[nH]nc2c(C)c1C. The van der Waals surface area contributed by atoms with Crippen LogP contribution in [0.2, 0.25) is 6.82 Å². The molecule has 1 heterocycles. The van der Waals surface area contributed by atoms with Crippen LogP contribution in [0.3, 0.4) is 0 Å². The summed E-state index contributed by atoms with van der Waals surface area (Å²) >= 11 is 0. The molecule has 0 unspecified atom stereocenters. The van der Waals surface area contributed by atoms with Crippen molar-refractivity contribution < 1.29 is 0 Å². The average Bonchev–Trinajstić information content (AvgIpc) is 2.59. The summed E-state index contributed by atoms with van der Waals surface area (Å²) < 4.78 is 0. The van der Waals surface area contributed by atoms with Crippen LogP contribution in [0.25, 0.3) is 11.0 Å². The minimum atomic E-state index is 0.972. The molecule has 3 nitrogen and oxygen atoms in total. The Balaban J connectivity index is 2.83. The van der Waals surface area contributed by atoms with Gasteiger partial charge in [-0.25, -0.2) is 0 Å². The maximum absolute atomic E-state index is 4.12. The molecule has 0 atom stereocenters. The van der Waals surface area contributed by atoms with Gasteiger partial charge in [-0.2, -0.15) is 15.4 Å². The molecule has 0 saturated heterocycles. The number of H-pyrrole nitrogens is 1. The number of aromatic nitrogens is 3. The third-order valence-corrected chi connectivity index (χ3v) is 2.67. The van der Waals surface area contributed by atoms with Gasteiger partial charge >= 0.3 is 0 Å². The summed E-state index contributed by atoms with van der Waals surface area (Å²) in [6.07, 6.45) is 0. The second-order valence-corrected chi connectivity index (χ2v) is 3.33. The van der Waals surface area contributed by atoms with E-state index in [1.54, 1.807) is 0 Å². The van der Waals surface area contributed by atoms with Crippen LogP contribution in [0.15, 0.2) is 6.07 Å². The maximum atomic E-state index is 4.12. The molecule has 0 aliphatic rings. The zero-order valence-electron chi connectivity index (χ0n) is 8.18. The standard InChI is InChI=1S/C9H12BN3/c1-5-6(2)9-8(11-13-12-9)4-7(5)10-3/h4,10H,1-3H3,(H,11,12,13). The lowest BCUT2D eigenvalue weighted by atomic mass is 9.70. The van der Waals surface area contributed by atoms with E-state index in [1.165, 1.54) is 16.6 Å². The van der Waals surface area contributed by atoms with Crippen molar-refractivity contribution in [2.24, 2.45) is 0 Å². The van der Waals surface area contributed by atoms with Crippen LogP contribution in [0, 0.1) is 13.8 Å². The molecule has 13 heavy (non-hydrogen) atoms. The zero-order chi connectivity index (χ0) is 9.42. The molecule has 1 aromatic carbocycles. The van der Waals surface area contributed by atoms with Gasteiger partial charge in [-0.05, 0) is 25.5 Å². The van der Waals surface area contributed by atoms with Gasteiger partial charge in [-0.1, -0.05) is 17.8 Å². The number of nitrogens with one attached hydrogen (secondary N) is 1. The Morgan fingerprint density at radius 3 is 2.69 bits per heavy atom. The highest BCUT2D eigenvalue weighted by Gasteiger charge is 2.08. The van der Waals surface area contributed by atoms with E-state index in [1.807, 2.05) is 0 Å². The highest BCUT2D eigenvalue weighted by molar-refractivity contribution is 6.53. The number of aryl methyl sites for hydroxylation is 1. The van der Waals surface area contributed by atoms with Crippen molar-refractivity contribution in [3.8, 4) is 0 Å². The van der Waals surface area contributed by atoms with Crippen LogP contribution in [0.5, 0.6) is 0 Å². The first-order valence-electron chi connectivity index (χ1n) is 4.53. The van der Waals surface area contributed by atoms with Crippen molar-refractivity contribution in [2.75, 3.05) is 0 Å². The zero-order valence-corrected chi connectivity index (χ0v) is 8.18. The van der Waals surface area contributed by atoms with Crippen LogP contribution in [-0.2, 0) is 0 Å². The van der Waals surface area contributed by atoms with Crippen LogP contribution in [0.4, 0.5) is 0 Å². The fourth-order valence-corrected chi connectivity index (χ4v) is 1.67. The van der Waals surface area contributed by atoms with Gasteiger partial charge in [-0.3, -0.25) is 0 Å². The van der Waals surface area contributed by atoms with Gasteiger partial charge in [0.1, 0.15) is 11.0 Å². The predicted molar refractivity (Wildman–Crippen MR) is 56.0 cm³/mol. The van der Waals surface area contributed by atoms with Gasteiger partial charge in [0.05, 0.1) is 0 Å². The van der Waals surface area contributed by atoms with E-state index < -0.39 is 0 Å². The van der Waals surface area contributed by atoms with E-state index in [0.717, 1.165) is 18.3 Å². The summed E-state index contributed by atoms with van der Waals surface area (Å²) in [6, 6.07) is 2.11. The van der Waals surface area contributed by atoms with Crippen molar-refractivity contribution in [2.45, 2.75) is 20.7 Å². The van der Waals surface area contributed by atoms with E-state index >= 15 is 0 Å². The topological polar surface area (TPSA) is 41.6 Å². The molecule has 1 N–H and O–H groups in total. The van der Waals surface area contributed by atoms with E-state index in [9.17, 15) is 0 Å². The van der Waals surface area contributed by atoms with Crippen molar-refractivity contribution in [1.29, 1.82) is 0 Å². The van der Waals surface area contributed by atoms with Crippen LogP contribution in [-0.4, -0.2) is 22.7 Å². The Labute approximate surface area is 77.8 Å². The molecule has 0 spiro atoms. The third kappa shape index (κ3) is 1.13. The molecule has 2 rings (SSSR count). The van der Waals surface area contributed by atoms with Gasteiger partial charge < -0.3 is 0 Å². The number of fused-ring (bicyclic) bond motifs is 1. The largest absolute Gasteiger partial charge is 0.197 e. The number of rotatable bonds is 1. The van der Waals surface area contributed by atoms with E-state index in [-0.39, 0.29) is 0 Å². The second kappa shape index (κ2) is 2.87. The highest BCUT2D eigenvalue weighted by atomic mass is 15.3. The maximum Gasteiger partial charge on any atom is 0.155 e. The number of hydrogen-bond donors (Lipinski definition) is 1. The Kier molecular flexibility index (Phi) is 1.83. The van der Waals surface area contributed by atoms with Crippen LogP contribution < -0.4 is 5.46 Å². The van der Waals surface area contributed by atoms with Crippen molar-refractivity contribution >= 4 is 23.8 Å². The smallest absolute Gasteiger partial charge is 0.155 e. The summed E-state index contributed by atoms with van der Waals surface area (Å²) in [6.45, 7) is 6.40. The Hall–Kier alpha value is -1.32. The fourth-order valence-electron chi connectivity index (χ4n) is 1.67. The summed E-state index contributed by atoms with van der Waals surface area (Å²) in [5.41, 5.74) is 5.90. The average molecular weight is 173 g/mol. The third-order valence-electron chi connectivity index (χ3n) is 2.67. The molecule has 66 valence electrons. The van der Waals surface area contributed by atoms with E-state index in [0.29, 0.717) is 0 Å². The summed E-state index contributed by atoms with van der Waals surface area (Å²) in [5, 5.41) is 10.9. The van der Waals surface area contributed by atoms with Crippen molar-refractivity contribution in [3.05, 3.63) is 17.2 Å². The van der Waals surface area contributed by atoms with Gasteiger partial charge in [0.15, 0.2) is 7.28 Å². The minimum Gasteiger partial charge on any atom is -0.197 e. The molecule has 0 radical (unpaired) electrons. The van der Waals surface area contributed by atoms with Crippen LogP contribution in [0.1, 0.15) is 11.1 Å². The first kappa shape index (κ1) is 8.29. The molecule has 1 aromatic heterocycles. The van der Waals surface area contributed by atoms with Crippen molar-refractivity contribution in [1.82, 2.24) is 15.4 Å².